The quantitative estimate of drug-likeness (QED) is 0.729. The van der Waals surface area contributed by atoms with Crippen LogP contribution in [-0.2, 0) is 9.53 Å². The van der Waals surface area contributed by atoms with Gasteiger partial charge in [0, 0.05) is 0 Å². The first-order valence-electron chi connectivity index (χ1n) is 4.99. The second-order valence-electron chi connectivity index (χ2n) is 4.07. The minimum absolute atomic E-state index is 0.190. The summed E-state index contributed by atoms with van der Waals surface area (Å²) >= 11 is 0. The maximum atomic E-state index is 11.8. The third-order valence-corrected chi connectivity index (χ3v) is 2.29. The summed E-state index contributed by atoms with van der Waals surface area (Å²) in [5.74, 6) is -1.09. The van der Waals surface area contributed by atoms with Crippen LogP contribution >= 0.6 is 0 Å². The number of alkyl halides is 2. The van der Waals surface area contributed by atoms with Gasteiger partial charge in [-0.1, -0.05) is 0 Å². The normalized spacial score (nSPS) is 17.8. The number of carboxylic acids is 1. The fourth-order valence-corrected chi connectivity index (χ4v) is 1.51. The highest BCUT2D eigenvalue weighted by Gasteiger charge is 2.42. The van der Waals surface area contributed by atoms with Crippen molar-refractivity contribution >= 4 is 12.0 Å². The van der Waals surface area contributed by atoms with Crippen molar-refractivity contribution in [3.05, 3.63) is 0 Å². The van der Waals surface area contributed by atoms with Gasteiger partial charge in [0.1, 0.15) is 12.2 Å². The molecule has 1 fully saturated rings. The third-order valence-electron chi connectivity index (χ3n) is 2.29. The molecule has 1 aliphatic heterocycles. The van der Waals surface area contributed by atoms with E-state index in [0.29, 0.717) is 0 Å². The van der Waals surface area contributed by atoms with Gasteiger partial charge in [0.15, 0.2) is 0 Å². The van der Waals surface area contributed by atoms with Crippen molar-refractivity contribution in [3.8, 4) is 0 Å². The molecule has 1 heterocycles. The van der Waals surface area contributed by atoms with E-state index in [4.69, 9.17) is 9.84 Å². The molecular formula is C9H14F2N2O4. The van der Waals surface area contributed by atoms with Gasteiger partial charge in [-0.2, -0.15) is 0 Å². The Balaban J connectivity index is 2.25. The first kappa shape index (κ1) is 13.6. The second kappa shape index (κ2) is 5.26. The summed E-state index contributed by atoms with van der Waals surface area (Å²) in [6.45, 7) is 0.905. The third kappa shape index (κ3) is 4.14. The highest BCUT2D eigenvalue weighted by molar-refractivity contribution is 5.75. The number of hydrogen-bond acceptors (Lipinski definition) is 3. The molecule has 0 spiro atoms. The van der Waals surface area contributed by atoms with Gasteiger partial charge in [-0.25, -0.2) is 18.4 Å². The molecule has 8 heteroatoms. The Morgan fingerprint density at radius 1 is 1.53 bits per heavy atom. The largest absolute Gasteiger partial charge is 0.480 e. The van der Waals surface area contributed by atoms with Gasteiger partial charge in [0.25, 0.3) is 6.43 Å². The van der Waals surface area contributed by atoms with E-state index in [1.807, 2.05) is 0 Å². The van der Waals surface area contributed by atoms with E-state index in [9.17, 15) is 18.4 Å². The number of aliphatic carboxylic acids is 1. The van der Waals surface area contributed by atoms with E-state index < -0.39 is 37.2 Å². The van der Waals surface area contributed by atoms with Gasteiger partial charge >= 0.3 is 12.0 Å². The summed E-state index contributed by atoms with van der Waals surface area (Å²) in [5.41, 5.74) is -0.708. The molecule has 0 radical (unpaired) electrons. The van der Waals surface area contributed by atoms with Crippen molar-refractivity contribution in [1.82, 2.24) is 10.2 Å². The molecule has 17 heavy (non-hydrogen) atoms. The Hall–Kier alpha value is -1.44. The van der Waals surface area contributed by atoms with E-state index in [1.54, 1.807) is 6.92 Å². The monoisotopic (exact) mass is 252 g/mol. The summed E-state index contributed by atoms with van der Waals surface area (Å²) in [6, 6.07) is -0.596. The van der Waals surface area contributed by atoms with Gasteiger partial charge in [-0.3, -0.25) is 0 Å². The average Bonchev–Trinajstić information content (AvgIpc) is 2.19. The van der Waals surface area contributed by atoms with E-state index in [1.165, 1.54) is 4.90 Å². The number of halogens is 2. The Kier molecular flexibility index (Phi) is 4.22. The zero-order valence-electron chi connectivity index (χ0n) is 9.28. The predicted octanol–water partition coefficient (Wildman–Crippen LogP) is 0.137. The number of carbonyl (C=O) groups excluding carboxylic acids is 1. The number of ether oxygens (including phenoxy) is 1. The maximum Gasteiger partial charge on any atom is 0.329 e. The molecule has 0 aromatic rings. The summed E-state index contributed by atoms with van der Waals surface area (Å²) in [7, 11) is 0. The summed E-state index contributed by atoms with van der Waals surface area (Å²) < 4.78 is 28.7. The Morgan fingerprint density at radius 3 is 2.59 bits per heavy atom. The SMILES string of the molecule is CC1(OCC(=O)O)CN(C(=O)NCC(F)F)C1. The van der Waals surface area contributed by atoms with Crippen molar-refractivity contribution in [1.29, 1.82) is 0 Å². The molecule has 0 aromatic heterocycles. The minimum atomic E-state index is -2.59. The van der Waals surface area contributed by atoms with E-state index in [0.717, 1.165) is 0 Å². The lowest BCUT2D eigenvalue weighted by Gasteiger charge is -2.46. The molecule has 1 saturated heterocycles. The van der Waals surface area contributed by atoms with E-state index >= 15 is 0 Å². The molecular weight excluding hydrogens is 238 g/mol. The molecule has 0 atom stereocenters. The first-order chi connectivity index (χ1) is 7.82. The minimum Gasteiger partial charge on any atom is -0.480 e. The maximum absolute atomic E-state index is 11.8. The van der Waals surface area contributed by atoms with Gasteiger partial charge in [0.05, 0.1) is 19.6 Å². The van der Waals surface area contributed by atoms with Crippen LogP contribution in [0.3, 0.4) is 0 Å². The molecule has 2 N–H and O–H groups in total. The zero-order chi connectivity index (χ0) is 13.1. The van der Waals surface area contributed by atoms with Crippen LogP contribution in [0.4, 0.5) is 13.6 Å². The summed E-state index contributed by atoms with van der Waals surface area (Å²) in [5, 5.41) is 10.5. The van der Waals surface area contributed by atoms with Crippen LogP contribution in [0.5, 0.6) is 0 Å². The number of likely N-dealkylation sites (tertiary alicyclic amines) is 1. The highest BCUT2D eigenvalue weighted by Crippen LogP contribution is 2.24. The number of amides is 2. The Labute approximate surface area is 96.5 Å². The molecule has 0 saturated carbocycles. The molecule has 0 aliphatic carbocycles. The smallest absolute Gasteiger partial charge is 0.329 e. The van der Waals surface area contributed by atoms with Crippen LogP contribution < -0.4 is 5.32 Å². The Morgan fingerprint density at radius 2 is 2.12 bits per heavy atom. The fraction of sp³-hybridized carbons (Fsp3) is 0.778. The summed E-state index contributed by atoms with van der Waals surface area (Å²) in [6.07, 6.45) is -2.59. The second-order valence-corrected chi connectivity index (χ2v) is 4.07. The molecule has 0 unspecified atom stereocenters. The standard InChI is InChI=1S/C9H14F2N2O4/c1-9(17-3-7(14)15)4-13(5-9)8(16)12-2-6(10)11/h6H,2-5H2,1H3,(H,12,16)(H,14,15). The number of carbonyl (C=O) groups is 2. The lowest BCUT2D eigenvalue weighted by molar-refractivity contribution is -0.159. The van der Waals surface area contributed by atoms with Crippen LogP contribution in [0, 0.1) is 0 Å². The first-order valence-corrected chi connectivity index (χ1v) is 4.99. The van der Waals surface area contributed by atoms with Crippen molar-refractivity contribution in [2.75, 3.05) is 26.2 Å². The number of nitrogens with one attached hydrogen (secondary N) is 1. The highest BCUT2D eigenvalue weighted by atomic mass is 19.3. The van der Waals surface area contributed by atoms with Gasteiger partial charge in [-0.15, -0.1) is 0 Å². The molecule has 2 amide bonds. The van der Waals surface area contributed by atoms with Crippen molar-refractivity contribution in [2.24, 2.45) is 0 Å². The number of rotatable bonds is 5. The lowest BCUT2D eigenvalue weighted by Crippen LogP contribution is -2.65. The predicted molar refractivity (Wildman–Crippen MR) is 53.0 cm³/mol. The molecule has 1 aliphatic rings. The van der Waals surface area contributed by atoms with E-state index in [-0.39, 0.29) is 13.1 Å². The van der Waals surface area contributed by atoms with Crippen LogP contribution in [-0.4, -0.2) is 60.3 Å². The number of nitrogens with zero attached hydrogens (tertiary/aromatic N) is 1. The lowest BCUT2D eigenvalue weighted by atomic mass is 9.97. The zero-order valence-corrected chi connectivity index (χ0v) is 9.28. The van der Waals surface area contributed by atoms with Crippen molar-refractivity contribution < 1.29 is 28.2 Å². The van der Waals surface area contributed by atoms with Gasteiger partial charge in [-0.05, 0) is 6.92 Å². The van der Waals surface area contributed by atoms with Crippen LogP contribution in [0.25, 0.3) is 0 Å². The van der Waals surface area contributed by atoms with Gasteiger partial charge in [0.2, 0.25) is 0 Å². The van der Waals surface area contributed by atoms with Crippen LogP contribution in [0.2, 0.25) is 0 Å². The molecule has 0 aromatic carbocycles. The van der Waals surface area contributed by atoms with E-state index in [2.05, 4.69) is 5.32 Å². The van der Waals surface area contributed by atoms with Crippen LogP contribution in [0.1, 0.15) is 6.92 Å². The van der Waals surface area contributed by atoms with Gasteiger partial charge < -0.3 is 20.1 Å². The number of hydrogen-bond donors (Lipinski definition) is 2. The molecule has 1 rings (SSSR count). The fourth-order valence-electron chi connectivity index (χ4n) is 1.51. The average molecular weight is 252 g/mol. The topological polar surface area (TPSA) is 78.9 Å². The summed E-state index contributed by atoms with van der Waals surface area (Å²) in [4.78, 5) is 22.8. The van der Waals surface area contributed by atoms with Crippen LogP contribution in [0.15, 0.2) is 0 Å². The molecule has 0 bridgehead atoms. The Bertz CT molecular complexity index is 305. The number of carboxylic acid groups (broad SMARTS) is 1. The van der Waals surface area contributed by atoms with Crippen molar-refractivity contribution in [2.45, 2.75) is 19.0 Å². The molecule has 6 nitrogen and oxygen atoms in total. The number of urea groups is 1. The molecule has 98 valence electrons. The van der Waals surface area contributed by atoms with Crippen molar-refractivity contribution in [3.63, 3.8) is 0 Å².